The lowest BCUT2D eigenvalue weighted by Gasteiger charge is -2.22. The van der Waals surface area contributed by atoms with Crippen LogP contribution in [0.3, 0.4) is 0 Å². The van der Waals surface area contributed by atoms with Gasteiger partial charge in [0.25, 0.3) is 11.8 Å². The second-order valence-corrected chi connectivity index (χ2v) is 13.3. The molecular weight excluding hydrogens is 653 g/mol. The predicted octanol–water partition coefficient (Wildman–Crippen LogP) is 7.60. The summed E-state index contributed by atoms with van der Waals surface area (Å²) in [7, 11) is 0. The summed E-state index contributed by atoms with van der Waals surface area (Å²) >= 11 is 1.53. The molecule has 2 amide bonds. The number of benzene rings is 3. The van der Waals surface area contributed by atoms with Crippen LogP contribution >= 0.6 is 11.3 Å². The molecule has 6 aromatic rings. The fourth-order valence-corrected chi connectivity index (χ4v) is 7.10. The molecule has 7 rings (SSSR count). The van der Waals surface area contributed by atoms with Gasteiger partial charge in [-0.2, -0.15) is 0 Å². The molecular formula is C39H32N4O6S. The summed E-state index contributed by atoms with van der Waals surface area (Å²) in [6, 6.07) is 21.6. The van der Waals surface area contributed by atoms with Gasteiger partial charge in [-0.05, 0) is 71.0 Å². The second kappa shape index (κ2) is 13.4. The molecule has 50 heavy (non-hydrogen) atoms. The highest BCUT2D eigenvalue weighted by atomic mass is 32.1. The normalized spacial score (nSPS) is 11.8. The van der Waals surface area contributed by atoms with Crippen LogP contribution < -0.4 is 15.4 Å². The zero-order valence-electron chi connectivity index (χ0n) is 27.2. The van der Waals surface area contributed by atoms with E-state index in [1.807, 2.05) is 74.0 Å². The van der Waals surface area contributed by atoms with Crippen molar-refractivity contribution in [2.75, 3.05) is 11.9 Å². The molecule has 3 aromatic carbocycles. The smallest absolute Gasteiger partial charge is 0.355 e. The van der Waals surface area contributed by atoms with Crippen LogP contribution in [-0.4, -0.2) is 45.7 Å². The number of carboxylic acid groups (broad SMARTS) is 1. The van der Waals surface area contributed by atoms with Gasteiger partial charge in [0.1, 0.15) is 24.3 Å². The third-order valence-corrected chi connectivity index (χ3v) is 9.54. The summed E-state index contributed by atoms with van der Waals surface area (Å²) in [5.41, 5.74) is 5.74. The van der Waals surface area contributed by atoms with Crippen molar-refractivity contribution in [3.05, 3.63) is 112 Å². The number of ether oxygens (including phenoxy) is 1. The number of hydrogen-bond acceptors (Lipinski definition) is 7. The van der Waals surface area contributed by atoms with Gasteiger partial charge in [-0.15, -0.1) is 11.3 Å². The second-order valence-electron chi connectivity index (χ2n) is 12.4. The quantitative estimate of drug-likeness (QED) is 0.109. The molecule has 3 aromatic heterocycles. The van der Waals surface area contributed by atoms with Crippen molar-refractivity contribution in [2.24, 2.45) is 5.92 Å². The largest absolute Gasteiger partial charge is 0.488 e. The summed E-state index contributed by atoms with van der Waals surface area (Å²) < 4.78 is 6.10. The SMILES string of the molecule is CC(C)CNC(=O)c1ccc(-c2cc3c(cc2C(=O)Nc2ccc4[nH]ccc4c2-c2cccc(CC=O)c2)-c2sccc2CO3)c(C(=O)O)n1. The number of fused-ring (bicyclic) bond motifs is 4. The van der Waals surface area contributed by atoms with Crippen molar-refractivity contribution in [2.45, 2.75) is 26.9 Å². The van der Waals surface area contributed by atoms with Crippen LogP contribution in [0.1, 0.15) is 56.3 Å². The Kier molecular flexibility index (Phi) is 8.73. The zero-order valence-corrected chi connectivity index (χ0v) is 28.0. The van der Waals surface area contributed by atoms with Crippen LogP contribution in [0.5, 0.6) is 5.75 Å². The minimum atomic E-state index is -1.35. The maximum atomic E-state index is 14.5. The van der Waals surface area contributed by atoms with Gasteiger partial charge in [0.15, 0.2) is 5.69 Å². The molecule has 1 aliphatic rings. The standard InChI is InChI=1S/C39H32N4O6S/c1-21(2)19-41-38(46)32-7-6-25(35(42-32)39(47)48)27-18-33-29(36-24(20-49-33)12-15-50-36)17-28(27)37(45)43-31-9-8-30-26(10-13-40-30)34(31)23-5-3-4-22(16-23)11-14-44/h3-10,12-18,21,40H,11,19-20H2,1-2H3,(H,41,46)(H,43,45)(H,47,48). The third kappa shape index (κ3) is 6.14. The van der Waals surface area contributed by atoms with Gasteiger partial charge in [-0.3, -0.25) is 9.59 Å². The van der Waals surface area contributed by atoms with E-state index in [0.29, 0.717) is 30.2 Å². The van der Waals surface area contributed by atoms with Crippen molar-refractivity contribution in [3.8, 4) is 38.4 Å². The van der Waals surface area contributed by atoms with E-state index in [0.717, 1.165) is 44.3 Å². The summed E-state index contributed by atoms with van der Waals surface area (Å²) in [4.78, 5) is 59.8. The first-order valence-corrected chi connectivity index (χ1v) is 16.9. The number of carbonyl (C=O) groups is 4. The number of pyridine rings is 1. The lowest BCUT2D eigenvalue weighted by molar-refractivity contribution is -0.107. The van der Waals surface area contributed by atoms with Crippen LogP contribution in [0.25, 0.3) is 43.6 Å². The third-order valence-electron chi connectivity index (χ3n) is 8.55. The van der Waals surface area contributed by atoms with Crippen LogP contribution in [0.15, 0.2) is 84.4 Å². The minimum Gasteiger partial charge on any atom is -0.488 e. The molecule has 4 N–H and O–H groups in total. The van der Waals surface area contributed by atoms with Crippen molar-refractivity contribution < 1.29 is 29.0 Å². The predicted molar refractivity (Wildman–Crippen MR) is 193 cm³/mol. The van der Waals surface area contributed by atoms with Gasteiger partial charge in [0, 0.05) is 74.0 Å². The van der Waals surface area contributed by atoms with Crippen molar-refractivity contribution in [3.63, 3.8) is 0 Å². The summed E-state index contributed by atoms with van der Waals surface area (Å²) in [5.74, 6) is -1.63. The molecule has 0 atom stereocenters. The molecule has 4 heterocycles. The molecule has 0 radical (unpaired) electrons. The number of nitrogens with one attached hydrogen (secondary N) is 3. The fraction of sp³-hybridized carbons (Fsp3) is 0.154. The Morgan fingerprint density at radius 1 is 1.00 bits per heavy atom. The van der Waals surface area contributed by atoms with Gasteiger partial charge in [-0.1, -0.05) is 38.1 Å². The molecule has 0 aliphatic carbocycles. The molecule has 0 fully saturated rings. The first-order chi connectivity index (χ1) is 24.2. The van der Waals surface area contributed by atoms with Gasteiger partial charge in [0.2, 0.25) is 0 Å². The highest BCUT2D eigenvalue weighted by Crippen LogP contribution is 2.45. The number of rotatable bonds is 10. The highest BCUT2D eigenvalue weighted by molar-refractivity contribution is 7.13. The molecule has 0 bridgehead atoms. The van der Waals surface area contributed by atoms with E-state index in [1.54, 1.807) is 12.1 Å². The Balaban J connectivity index is 1.37. The van der Waals surface area contributed by atoms with Gasteiger partial charge in [0.05, 0.1) is 0 Å². The highest BCUT2D eigenvalue weighted by Gasteiger charge is 2.28. The average Bonchev–Trinajstić information content (AvgIpc) is 3.80. The summed E-state index contributed by atoms with van der Waals surface area (Å²) in [6.07, 6.45) is 2.92. The van der Waals surface area contributed by atoms with E-state index < -0.39 is 17.8 Å². The van der Waals surface area contributed by atoms with Gasteiger partial charge >= 0.3 is 5.97 Å². The molecule has 1 aliphatic heterocycles. The monoisotopic (exact) mass is 684 g/mol. The first kappa shape index (κ1) is 32.5. The molecule has 0 spiro atoms. The Labute approximate surface area is 291 Å². The van der Waals surface area contributed by atoms with Crippen LogP contribution in [0.2, 0.25) is 0 Å². The maximum Gasteiger partial charge on any atom is 0.355 e. The molecule has 0 unspecified atom stereocenters. The number of anilines is 1. The lowest BCUT2D eigenvalue weighted by Crippen LogP contribution is -2.28. The Morgan fingerprint density at radius 3 is 2.66 bits per heavy atom. The number of aromatic amines is 1. The Hall–Kier alpha value is -6.07. The number of hydrogen-bond donors (Lipinski definition) is 4. The fourth-order valence-electron chi connectivity index (χ4n) is 6.17. The first-order valence-electron chi connectivity index (χ1n) is 16.1. The molecule has 11 heteroatoms. The maximum absolute atomic E-state index is 14.5. The number of carboxylic acids is 1. The van der Waals surface area contributed by atoms with E-state index in [9.17, 15) is 24.3 Å². The lowest BCUT2D eigenvalue weighted by atomic mass is 9.92. The number of aromatic nitrogens is 2. The van der Waals surface area contributed by atoms with E-state index >= 15 is 0 Å². The average molecular weight is 685 g/mol. The molecule has 0 saturated heterocycles. The van der Waals surface area contributed by atoms with E-state index in [-0.39, 0.29) is 40.4 Å². The van der Waals surface area contributed by atoms with Gasteiger partial charge < -0.3 is 30.3 Å². The Morgan fingerprint density at radius 2 is 1.86 bits per heavy atom. The summed E-state index contributed by atoms with van der Waals surface area (Å²) in [6.45, 7) is 4.64. The number of aldehydes is 1. The number of aromatic carboxylic acids is 1. The van der Waals surface area contributed by atoms with Crippen LogP contribution in [-0.2, 0) is 17.8 Å². The molecule has 250 valence electrons. The summed E-state index contributed by atoms with van der Waals surface area (Å²) in [5, 5.41) is 19.0. The zero-order chi connectivity index (χ0) is 34.9. The molecule has 0 saturated carbocycles. The molecule has 10 nitrogen and oxygen atoms in total. The topological polar surface area (TPSA) is 150 Å². The Bertz CT molecular complexity index is 2320. The number of amides is 2. The van der Waals surface area contributed by atoms with Crippen molar-refractivity contribution in [1.29, 1.82) is 0 Å². The van der Waals surface area contributed by atoms with Crippen molar-refractivity contribution >= 4 is 52.0 Å². The van der Waals surface area contributed by atoms with E-state index in [1.165, 1.54) is 23.5 Å². The van der Waals surface area contributed by atoms with Crippen LogP contribution in [0, 0.1) is 5.92 Å². The number of H-pyrrole nitrogens is 1. The minimum absolute atomic E-state index is 0.0449. The number of thiophene rings is 1. The van der Waals surface area contributed by atoms with Crippen LogP contribution in [0.4, 0.5) is 5.69 Å². The van der Waals surface area contributed by atoms with E-state index in [4.69, 9.17) is 4.74 Å². The van der Waals surface area contributed by atoms with E-state index in [2.05, 4.69) is 20.6 Å². The number of carbonyl (C=O) groups excluding carboxylic acids is 3. The van der Waals surface area contributed by atoms with Crippen molar-refractivity contribution in [1.82, 2.24) is 15.3 Å². The van der Waals surface area contributed by atoms with Gasteiger partial charge in [-0.25, -0.2) is 9.78 Å². The number of nitrogens with zero attached hydrogens (tertiary/aromatic N) is 1.